The fourth-order valence-corrected chi connectivity index (χ4v) is 1.62. The molecule has 6 heteroatoms. The molecule has 0 atom stereocenters. The fraction of sp³-hybridized carbons (Fsp3) is 0.600. The Hall–Kier alpha value is -0.980. The third kappa shape index (κ3) is 3.55. The van der Waals surface area contributed by atoms with E-state index in [9.17, 15) is 4.79 Å². The lowest BCUT2D eigenvalue weighted by Crippen LogP contribution is -2.29. The van der Waals surface area contributed by atoms with Gasteiger partial charge in [-0.1, -0.05) is 6.92 Å². The maximum Gasteiger partial charge on any atom is 0.294 e. The van der Waals surface area contributed by atoms with Gasteiger partial charge in [-0.25, -0.2) is 10.8 Å². The van der Waals surface area contributed by atoms with Crippen LogP contribution in [-0.4, -0.2) is 16.5 Å². The standard InChI is InChI=1S/C10H17N3O2S/c1-4-10(2,3)15-5-7-6-16-9(12-7)8(14)13-11/h6H,4-5,11H2,1-3H3,(H,13,14). The highest BCUT2D eigenvalue weighted by Crippen LogP contribution is 2.17. The lowest BCUT2D eigenvalue weighted by atomic mass is 10.1. The topological polar surface area (TPSA) is 77.2 Å². The number of carbonyl (C=O) groups excluding carboxylic acids is 1. The van der Waals surface area contributed by atoms with E-state index in [1.54, 1.807) is 5.38 Å². The Labute approximate surface area is 99.0 Å². The molecule has 0 saturated carbocycles. The number of hydrogen-bond acceptors (Lipinski definition) is 5. The van der Waals surface area contributed by atoms with Crippen molar-refractivity contribution in [2.45, 2.75) is 39.4 Å². The summed E-state index contributed by atoms with van der Waals surface area (Å²) in [7, 11) is 0. The lowest BCUT2D eigenvalue weighted by Gasteiger charge is -2.22. The Bertz CT molecular complexity index is 363. The average molecular weight is 243 g/mol. The molecular formula is C10H17N3O2S. The van der Waals surface area contributed by atoms with Crippen molar-refractivity contribution in [1.29, 1.82) is 0 Å². The number of rotatable bonds is 5. The highest BCUT2D eigenvalue weighted by molar-refractivity contribution is 7.11. The van der Waals surface area contributed by atoms with Crippen LogP contribution in [0.1, 0.15) is 42.7 Å². The van der Waals surface area contributed by atoms with Gasteiger partial charge in [-0.15, -0.1) is 11.3 Å². The molecule has 3 N–H and O–H groups in total. The second-order valence-electron chi connectivity index (χ2n) is 4.02. The number of nitrogens with two attached hydrogens (primary N) is 1. The summed E-state index contributed by atoms with van der Waals surface area (Å²) < 4.78 is 5.67. The number of hydrazine groups is 1. The first-order chi connectivity index (χ1) is 7.48. The quantitative estimate of drug-likeness (QED) is 0.466. The molecule has 5 nitrogen and oxygen atoms in total. The van der Waals surface area contributed by atoms with Crippen molar-refractivity contribution in [3.63, 3.8) is 0 Å². The summed E-state index contributed by atoms with van der Waals surface area (Å²) in [6, 6.07) is 0. The molecule has 0 aliphatic carbocycles. The third-order valence-electron chi connectivity index (χ3n) is 2.34. The molecule has 1 heterocycles. The van der Waals surface area contributed by atoms with Crippen LogP contribution in [0.15, 0.2) is 5.38 Å². The maximum absolute atomic E-state index is 11.2. The Balaban J connectivity index is 2.56. The van der Waals surface area contributed by atoms with Crippen LogP contribution >= 0.6 is 11.3 Å². The lowest BCUT2D eigenvalue weighted by molar-refractivity contribution is -0.0328. The number of hydrogen-bond donors (Lipinski definition) is 2. The van der Waals surface area contributed by atoms with Crippen molar-refractivity contribution in [3.8, 4) is 0 Å². The van der Waals surface area contributed by atoms with E-state index in [1.165, 1.54) is 11.3 Å². The number of amides is 1. The number of carbonyl (C=O) groups is 1. The van der Waals surface area contributed by atoms with Crippen molar-refractivity contribution in [1.82, 2.24) is 10.4 Å². The van der Waals surface area contributed by atoms with Crippen molar-refractivity contribution in [3.05, 3.63) is 16.1 Å². The molecule has 0 aliphatic heterocycles. The predicted molar refractivity (Wildman–Crippen MR) is 62.9 cm³/mol. The second-order valence-corrected chi connectivity index (χ2v) is 4.88. The summed E-state index contributed by atoms with van der Waals surface area (Å²) in [5.41, 5.74) is 2.63. The van der Waals surface area contributed by atoms with E-state index in [0.29, 0.717) is 11.6 Å². The minimum atomic E-state index is -0.369. The van der Waals surface area contributed by atoms with Crippen molar-refractivity contribution in [2.75, 3.05) is 0 Å². The van der Waals surface area contributed by atoms with E-state index in [-0.39, 0.29) is 11.5 Å². The first-order valence-corrected chi connectivity index (χ1v) is 5.96. The smallest absolute Gasteiger partial charge is 0.294 e. The van der Waals surface area contributed by atoms with Gasteiger partial charge in [0, 0.05) is 5.38 Å². The normalized spacial score (nSPS) is 11.5. The van der Waals surface area contributed by atoms with E-state index >= 15 is 0 Å². The monoisotopic (exact) mass is 243 g/mol. The Morgan fingerprint density at radius 2 is 2.38 bits per heavy atom. The molecule has 1 aromatic heterocycles. The number of aromatic nitrogens is 1. The van der Waals surface area contributed by atoms with Crippen LogP contribution in [0.25, 0.3) is 0 Å². The molecule has 16 heavy (non-hydrogen) atoms. The third-order valence-corrected chi connectivity index (χ3v) is 3.23. The molecule has 1 aromatic rings. The van der Waals surface area contributed by atoms with Crippen molar-refractivity contribution in [2.24, 2.45) is 5.84 Å². The maximum atomic E-state index is 11.2. The van der Waals surface area contributed by atoms with Gasteiger partial charge in [-0.3, -0.25) is 10.2 Å². The number of thiazole rings is 1. The van der Waals surface area contributed by atoms with Crippen LogP contribution in [0.4, 0.5) is 0 Å². The zero-order chi connectivity index (χ0) is 12.2. The molecule has 1 amide bonds. The molecule has 1 rings (SSSR count). The molecule has 0 aromatic carbocycles. The van der Waals surface area contributed by atoms with Gasteiger partial charge in [0.25, 0.3) is 5.91 Å². The van der Waals surface area contributed by atoms with E-state index in [1.807, 2.05) is 19.3 Å². The highest BCUT2D eigenvalue weighted by Gasteiger charge is 2.16. The van der Waals surface area contributed by atoms with Crippen LogP contribution in [0.3, 0.4) is 0 Å². The summed E-state index contributed by atoms with van der Waals surface area (Å²) in [6.45, 7) is 6.52. The number of nitrogens with zero attached hydrogens (tertiary/aromatic N) is 1. The fourth-order valence-electron chi connectivity index (χ4n) is 0.911. The zero-order valence-corrected chi connectivity index (χ0v) is 10.6. The van der Waals surface area contributed by atoms with E-state index in [0.717, 1.165) is 12.1 Å². The van der Waals surface area contributed by atoms with E-state index in [4.69, 9.17) is 10.6 Å². The molecule has 0 bridgehead atoms. The summed E-state index contributed by atoms with van der Waals surface area (Å²) in [5.74, 6) is 4.64. The van der Waals surface area contributed by atoms with Gasteiger partial charge < -0.3 is 4.74 Å². The van der Waals surface area contributed by atoms with Crippen molar-refractivity contribution >= 4 is 17.2 Å². The van der Waals surface area contributed by atoms with Gasteiger partial charge in [0.1, 0.15) is 0 Å². The minimum Gasteiger partial charge on any atom is -0.369 e. The SMILES string of the molecule is CCC(C)(C)OCc1csc(C(=O)NN)n1. The van der Waals surface area contributed by atoms with E-state index in [2.05, 4.69) is 11.9 Å². The number of nitrogens with one attached hydrogen (secondary N) is 1. The summed E-state index contributed by atoms with van der Waals surface area (Å²) >= 11 is 1.26. The largest absolute Gasteiger partial charge is 0.369 e. The number of ether oxygens (including phenoxy) is 1. The Morgan fingerprint density at radius 3 is 2.94 bits per heavy atom. The van der Waals surface area contributed by atoms with Gasteiger partial charge in [0.15, 0.2) is 5.01 Å². The first kappa shape index (κ1) is 13.1. The molecule has 0 saturated heterocycles. The van der Waals surface area contributed by atoms with Gasteiger partial charge in [-0.05, 0) is 20.3 Å². The minimum absolute atomic E-state index is 0.167. The zero-order valence-electron chi connectivity index (χ0n) is 9.74. The van der Waals surface area contributed by atoms with Gasteiger partial charge >= 0.3 is 0 Å². The molecular weight excluding hydrogens is 226 g/mol. The molecule has 0 fully saturated rings. The van der Waals surface area contributed by atoms with Crippen LogP contribution in [0, 0.1) is 0 Å². The molecule has 0 spiro atoms. The first-order valence-electron chi connectivity index (χ1n) is 5.08. The Morgan fingerprint density at radius 1 is 1.69 bits per heavy atom. The van der Waals surface area contributed by atoms with Crippen LogP contribution in [0.5, 0.6) is 0 Å². The predicted octanol–water partition coefficient (Wildman–Crippen LogP) is 1.45. The van der Waals surface area contributed by atoms with Crippen molar-refractivity contribution < 1.29 is 9.53 Å². The van der Waals surface area contributed by atoms with Crippen LogP contribution in [0.2, 0.25) is 0 Å². The van der Waals surface area contributed by atoms with E-state index < -0.39 is 0 Å². The summed E-state index contributed by atoms with van der Waals surface area (Å²) in [6.07, 6.45) is 0.924. The van der Waals surface area contributed by atoms with Gasteiger partial charge in [0.05, 0.1) is 17.9 Å². The average Bonchev–Trinajstić information content (AvgIpc) is 2.74. The molecule has 0 aliphatic rings. The summed E-state index contributed by atoms with van der Waals surface area (Å²) in [4.78, 5) is 15.3. The van der Waals surface area contributed by atoms with Crippen LogP contribution in [-0.2, 0) is 11.3 Å². The number of nitrogen functional groups attached to an aromatic ring is 1. The van der Waals surface area contributed by atoms with Gasteiger partial charge in [-0.2, -0.15) is 0 Å². The molecule has 0 unspecified atom stereocenters. The molecule has 0 radical (unpaired) electrons. The van der Waals surface area contributed by atoms with Crippen LogP contribution < -0.4 is 11.3 Å². The summed E-state index contributed by atoms with van der Waals surface area (Å²) in [5, 5.41) is 2.16. The Kier molecular flexibility index (Phi) is 4.40. The molecule has 90 valence electrons. The highest BCUT2D eigenvalue weighted by atomic mass is 32.1. The second kappa shape index (κ2) is 5.38. The van der Waals surface area contributed by atoms with Gasteiger partial charge in [0.2, 0.25) is 0 Å².